The highest BCUT2D eigenvalue weighted by atomic mass is 35.5. The summed E-state index contributed by atoms with van der Waals surface area (Å²) in [5, 5.41) is 4.21. The Labute approximate surface area is 104 Å². The Morgan fingerprint density at radius 3 is 2.65 bits per heavy atom. The third-order valence-corrected chi connectivity index (χ3v) is 2.40. The molecule has 0 saturated carbocycles. The summed E-state index contributed by atoms with van der Waals surface area (Å²) in [7, 11) is 0. The molecule has 0 saturated heterocycles. The number of nitrogens with two attached hydrogens (primary N) is 1. The van der Waals surface area contributed by atoms with Crippen LogP contribution in [0, 0.1) is 6.92 Å². The first-order chi connectivity index (χ1) is 8.19. The van der Waals surface area contributed by atoms with Gasteiger partial charge in [0.1, 0.15) is 18.0 Å². The molecule has 0 amide bonds. The molecule has 1 aromatic heterocycles. The molecule has 5 nitrogen and oxygen atoms in total. The zero-order valence-electron chi connectivity index (χ0n) is 9.34. The van der Waals surface area contributed by atoms with Crippen molar-refractivity contribution >= 4 is 23.1 Å². The minimum absolute atomic E-state index is 0.226. The van der Waals surface area contributed by atoms with E-state index in [2.05, 4.69) is 15.1 Å². The standard InChI is InChI=1S/C11H12ClN5/c1-8-14-7-17(16-8)10-4-2-9(3-5-10)15-11(13)6-12/h2-5,7H,6H2,1H3,(H2,13,15). The second kappa shape index (κ2) is 4.97. The quantitative estimate of drug-likeness (QED) is 0.512. The molecule has 0 unspecified atom stereocenters. The van der Waals surface area contributed by atoms with Crippen LogP contribution in [0.4, 0.5) is 5.69 Å². The van der Waals surface area contributed by atoms with Crippen molar-refractivity contribution in [2.45, 2.75) is 6.92 Å². The van der Waals surface area contributed by atoms with Crippen LogP contribution in [-0.4, -0.2) is 26.5 Å². The molecule has 2 rings (SSSR count). The largest absolute Gasteiger partial charge is 0.386 e. The molecular formula is C11H12ClN5. The first-order valence-electron chi connectivity index (χ1n) is 5.07. The molecule has 0 aliphatic carbocycles. The van der Waals surface area contributed by atoms with Gasteiger partial charge in [0.05, 0.1) is 17.3 Å². The summed E-state index contributed by atoms with van der Waals surface area (Å²) in [6.07, 6.45) is 1.67. The lowest BCUT2D eigenvalue weighted by Gasteiger charge is -2.01. The molecule has 0 atom stereocenters. The summed E-state index contributed by atoms with van der Waals surface area (Å²) in [5.41, 5.74) is 7.24. The number of amidine groups is 1. The molecule has 0 aliphatic rings. The molecule has 1 heterocycles. The number of hydrogen-bond donors (Lipinski definition) is 1. The van der Waals surface area contributed by atoms with Crippen molar-refractivity contribution in [3.8, 4) is 5.69 Å². The minimum atomic E-state index is 0.226. The fourth-order valence-corrected chi connectivity index (χ4v) is 1.41. The maximum absolute atomic E-state index is 5.55. The van der Waals surface area contributed by atoms with E-state index in [4.69, 9.17) is 17.3 Å². The third-order valence-electron chi connectivity index (χ3n) is 2.13. The molecule has 6 heteroatoms. The van der Waals surface area contributed by atoms with Crippen LogP contribution in [0.2, 0.25) is 0 Å². The lowest BCUT2D eigenvalue weighted by Crippen LogP contribution is -2.12. The highest BCUT2D eigenvalue weighted by Crippen LogP contribution is 2.15. The highest BCUT2D eigenvalue weighted by molar-refractivity contribution is 6.28. The highest BCUT2D eigenvalue weighted by Gasteiger charge is 1.99. The predicted molar refractivity (Wildman–Crippen MR) is 68.1 cm³/mol. The average Bonchev–Trinajstić information content (AvgIpc) is 2.77. The zero-order chi connectivity index (χ0) is 12.3. The van der Waals surface area contributed by atoms with Gasteiger partial charge in [-0.05, 0) is 31.2 Å². The number of alkyl halides is 1. The monoisotopic (exact) mass is 249 g/mol. The number of aliphatic imine (C=N–C) groups is 1. The fraction of sp³-hybridized carbons (Fsp3) is 0.182. The average molecular weight is 250 g/mol. The number of hydrogen-bond acceptors (Lipinski definition) is 3. The molecule has 2 N–H and O–H groups in total. The van der Waals surface area contributed by atoms with Gasteiger partial charge in [0.2, 0.25) is 0 Å². The van der Waals surface area contributed by atoms with E-state index in [0.717, 1.165) is 17.2 Å². The Bertz CT molecular complexity index is 529. The Balaban J connectivity index is 2.24. The molecule has 0 aliphatic heterocycles. The van der Waals surface area contributed by atoms with Crippen LogP contribution in [0.25, 0.3) is 5.69 Å². The molecule has 0 fully saturated rings. The van der Waals surface area contributed by atoms with E-state index in [1.54, 1.807) is 11.0 Å². The van der Waals surface area contributed by atoms with Crippen LogP contribution in [-0.2, 0) is 0 Å². The normalized spacial score (nSPS) is 11.8. The summed E-state index contributed by atoms with van der Waals surface area (Å²) in [4.78, 5) is 8.20. The van der Waals surface area contributed by atoms with Gasteiger partial charge in [-0.3, -0.25) is 0 Å². The molecule has 0 spiro atoms. The topological polar surface area (TPSA) is 69.1 Å². The van der Waals surface area contributed by atoms with Crippen LogP contribution in [0.3, 0.4) is 0 Å². The van der Waals surface area contributed by atoms with Crippen molar-refractivity contribution < 1.29 is 0 Å². The summed E-state index contributed by atoms with van der Waals surface area (Å²) >= 11 is 5.55. The Hall–Kier alpha value is -1.88. The van der Waals surface area contributed by atoms with Crippen molar-refractivity contribution in [3.63, 3.8) is 0 Å². The van der Waals surface area contributed by atoms with Crippen molar-refractivity contribution in [1.82, 2.24) is 14.8 Å². The predicted octanol–water partition coefficient (Wildman–Crippen LogP) is 1.80. The number of aromatic nitrogens is 3. The molecule has 88 valence electrons. The van der Waals surface area contributed by atoms with Crippen molar-refractivity contribution in [3.05, 3.63) is 36.4 Å². The minimum Gasteiger partial charge on any atom is -0.386 e. The molecule has 0 radical (unpaired) electrons. The number of nitrogens with zero attached hydrogens (tertiary/aromatic N) is 4. The van der Waals surface area contributed by atoms with E-state index in [-0.39, 0.29) is 5.88 Å². The van der Waals surface area contributed by atoms with Crippen LogP contribution < -0.4 is 5.73 Å². The SMILES string of the molecule is Cc1ncn(-c2ccc(N=C(N)CCl)cc2)n1. The van der Waals surface area contributed by atoms with Gasteiger partial charge in [0.15, 0.2) is 0 Å². The van der Waals surface area contributed by atoms with Gasteiger partial charge >= 0.3 is 0 Å². The van der Waals surface area contributed by atoms with Gasteiger partial charge < -0.3 is 5.73 Å². The third kappa shape index (κ3) is 2.82. The smallest absolute Gasteiger partial charge is 0.147 e. The number of benzene rings is 1. The van der Waals surface area contributed by atoms with Crippen molar-refractivity contribution in [2.24, 2.45) is 10.7 Å². The van der Waals surface area contributed by atoms with E-state index < -0.39 is 0 Å². The van der Waals surface area contributed by atoms with Crippen molar-refractivity contribution in [1.29, 1.82) is 0 Å². The van der Waals surface area contributed by atoms with Gasteiger partial charge in [-0.1, -0.05) is 0 Å². The zero-order valence-corrected chi connectivity index (χ0v) is 10.1. The maximum atomic E-state index is 5.55. The summed E-state index contributed by atoms with van der Waals surface area (Å²) < 4.78 is 1.70. The number of aryl methyl sites for hydroxylation is 1. The van der Waals surface area contributed by atoms with Crippen LogP contribution in [0.1, 0.15) is 5.82 Å². The summed E-state index contributed by atoms with van der Waals surface area (Å²) in [6, 6.07) is 7.50. The van der Waals surface area contributed by atoms with Gasteiger partial charge in [-0.2, -0.15) is 5.10 Å². The second-order valence-corrected chi connectivity index (χ2v) is 3.76. The number of halogens is 1. The van der Waals surface area contributed by atoms with E-state index >= 15 is 0 Å². The second-order valence-electron chi connectivity index (χ2n) is 3.49. The first-order valence-corrected chi connectivity index (χ1v) is 5.60. The lowest BCUT2D eigenvalue weighted by atomic mass is 10.3. The van der Waals surface area contributed by atoms with E-state index in [9.17, 15) is 0 Å². The van der Waals surface area contributed by atoms with E-state index in [1.165, 1.54) is 0 Å². The van der Waals surface area contributed by atoms with Gasteiger partial charge in [0, 0.05) is 0 Å². The molecule has 1 aromatic carbocycles. The molecular weight excluding hydrogens is 238 g/mol. The Kier molecular flexibility index (Phi) is 3.39. The Morgan fingerprint density at radius 1 is 1.41 bits per heavy atom. The van der Waals surface area contributed by atoms with Crippen molar-refractivity contribution in [2.75, 3.05) is 5.88 Å². The molecule has 2 aromatic rings. The molecule has 17 heavy (non-hydrogen) atoms. The number of rotatable bonds is 3. The lowest BCUT2D eigenvalue weighted by molar-refractivity contribution is 0.863. The summed E-state index contributed by atoms with van der Waals surface area (Å²) in [6.45, 7) is 1.84. The van der Waals surface area contributed by atoms with Crippen LogP contribution in [0.5, 0.6) is 0 Å². The van der Waals surface area contributed by atoms with Gasteiger partial charge in [-0.25, -0.2) is 14.7 Å². The fourth-order valence-electron chi connectivity index (χ4n) is 1.35. The van der Waals surface area contributed by atoms with Gasteiger partial charge in [-0.15, -0.1) is 11.6 Å². The van der Waals surface area contributed by atoms with Gasteiger partial charge in [0.25, 0.3) is 0 Å². The molecule has 0 bridgehead atoms. The van der Waals surface area contributed by atoms with Crippen LogP contribution >= 0.6 is 11.6 Å². The first kappa shape index (κ1) is 11.6. The summed E-state index contributed by atoms with van der Waals surface area (Å²) in [5.74, 6) is 1.36. The van der Waals surface area contributed by atoms with E-state index in [1.807, 2.05) is 31.2 Å². The maximum Gasteiger partial charge on any atom is 0.147 e. The Morgan fingerprint density at radius 2 is 2.12 bits per heavy atom. The van der Waals surface area contributed by atoms with Crippen LogP contribution in [0.15, 0.2) is 35.6 Å². The van der Waals surface area contributed by atoms with E-state index in [0.29, 0.717) is 5.84 Å².